The highest BCUT2D eigenvalue weighted by atomic mass is 16.2. The topological polar surface area (TPSA) is 110 Å². The number of likely N-dealkylation sites (tertiary alicyclic amines) is 1. The summed E-state index contributed by atoms with van der Waals surface area (Å²) in [6.07, 6.45) is 6.40. The Bertz CT molecular complexity index is 1040. The van der Waals surface area contributed by atoms with Gasteiger partial charge in [0.25, 0.3) is 5.91 Å². The molecule has 1 aliphatic rings. The van der Waals surface area contributed by atoms with Crippen molar-refractivity contribution in [2.45, 2.75) is 39.5 Å². The number of anilines is 2. The van der Waals surface area contributed by atoms with E-state index in [1.54, 1.807) is 6.20 Å². The molecule has 0 spiro atoms. The summed E-state index contributed by atoms with van der Waals surface area (Å²) in [5.41, 5.74) is 2.99. The number of aromatic nitrogens is 6. The number of carbonyl (C=O) groups is 1. The molecule has 1 amide bonds. The van der Waals surface area contributed by atoms with Crippen LogP contribution in [-0.4, -0.2) is 53.8 Å². The summed E-state index contributed by atoms with van der Waals surface area (Å²) < 4.78 is 0. The van der Waals surface area contributed by atoms with Crippen LogP contribution >= 0.6 is 0 Å². The van der Waals surface area contributed by atoms with Crippen molar-refractivity contribution in [2.75, 3.05) is 18.4 Å². The highest BCUT2D eigenvalue weighted by Crippen LogP contribution is 2.27. The van der Waals surface area contributed by atoms with Gasteiger partial charge in [-0.25, -0.2) is 24.9 Å². The molecule has 30 heavy (non-hydrogen) atoms. The summed E-state index contributed by atoms with van der Waals surface area (Å²) in [5, 5.41) is 3.19. The van der Waals surface area contributed by atoms with E-state index in [9.17, 15) is 4.79 Å². The van der Waals surface area contributed by atoms with Crippen LogP contribution in [0.5, 0.6) is 0 Å². The van der Waals surface area contributed by atoms with Gasteiger partial charge in [0.05, 0.1) is 6.20 Å². The van der Waals surface area contributed by atoms with E-state index in [1.807, 2.05) is 37.8 Å². The van der Waals surface area contributed by atoms with E-state index in [0.717, 1.165) is 35.7 Å². The number of hydrogen-bond acceptors (Lipinski definition) is 8. The molecule has 3 aromatic heterocycles. The largest absolute Gasteiger partial charge is 0.337 e. The van der Waals surface area contributed by atoms with Crippen LogP contribution in [-0.2, 0) is 0 Å². The lowest BCUT2D eigenvalue weighted by molar-refractivity contribution is 0.0698. The lowest BCUT2D eigenvalue weighted by atomic mass is 9.96. The average Bonchev–Trinajstić information content (AvgIpc) is 2.73. The highest BCUT2D eigenvalue weighted by Gasteiger charge is 2.28. The summed E-state index contributed by atoms with van der Waals surface area (Å²) in [6.45, 7) is 7.05. The van der Waals surface area contributed by atoms with Gasteiger partial charge in [0.15, 0.2) is 0 Å². The second-order valence-corrected chi connectivity index (χ2v) is 7.53. The maximum atomic E-state index is 12.8. The predicted octanol–water partition coefficient (Wildman–Crippen LogP) is 2.75. The van der Waals surface area contributed by atoms with E-state index in [4.69, 9.17) is 4.98 Å². The summed E-state index contributed by atoms with van der Waals surface area (Å²) in [6, 6.07) is 3.79. The minimum Gasteiger partial charge on any atom is -0.337 e. The normalized spacial score (nSPS) is 16.4. The van der Waals surface area contributed by atoms with E-state index in [2.05, 4.69) is 30.2 Å². The van der Waals surface area contributed by atoms with Crippen molar-refractivity contribution in [3.63, 3.8) is 0 Å². The zero-order chi connectivity index (χ0) is 21.1. The first kappa shape index (κ1) is 19.8. The number of nitrogens with one attached hydrogen (secondary N) is 1. The van der Waals surface area contributed by atoms with Gasteiger partial charge >= 0.3 is 0 Å². The fraction of sp³-hybridized carbons (Fsp3) is 0.381. The molecule has 0 unspecified atom stereocenters. The van der Waals surface area contributed by atoms with Gasteiger partial charge in [-0.1, -0.05) is 0 Å². The van der Waals surface area contributed by atoms with Crippen LogP contribution in [0.2, 0.25) is 0 Å². The van der Waals surface area contributed by atoms with Crippen molar-refractivity contribution in [1.29, 1.82) is 0 Å². The van der Waals surface area contributed by atoms with Crippen LogP contribution in [0.1, 0.15) is 52.2 Å². The molecular weight excluding hydrogens is 380 g/mol. The highest BCUT2D eigenvalue weighted by molar-refractivity contribution is 5.92. The minimum absolute atomic E-state index is 0.0555. The summed E-state index contributed by atoms with van der Waals surface area (Å²) in [4.78, 5) is 40.9. The van der Waals surface area contributed by atoms with Crippen molar-refractivity contribution in [2.24, 2.45) is 0 Å². The Kier molecular flexibility index (Phi) is 5.60. The van der Waals surface area contributed by atoms with E-state index < -0.39 is 0 Å². The molecule has 1 N–H and O–H groups in total. The second-order valence-electron chi connectivity index (χ2n) is 7.53. The molecule has 4 heterocycles. The SMILES string of the molecule is Cc1cc(C)nc(Nc2cc(C)nc([C@@H]3CCCN(C(=O)c4cnccn4)C3)n2)n1. The van der Waals surface area contributed by atoms with Gasteiger partial charge in [-0.3, -0.25) is 9.78 Å². The monoisotopic (exact) mass is 404 g/mol. The lowest BCUT2D eigenvalue weighted by Gasteiger charge is -2.32. The van der Waals surface area contributed by atoms with Crippen LogP contribution in [0, 0.1) is 20.8 Å². The van der Waals surface area contributed by atoms with Gasteiger partial charge in [0.1, 0.15) is 17.3 Å². The molecule has 1 saturated heterocycles. The van der Waals surface area contributed by atoms with Crippen LogP contribution in [0.3, 0.4) is 0 Å². The number of amides is 1. The molecule has 0 aliphatic carbocycles. The van der Waals surface area contributed by atoms with E-state index in [1.165, 1.54) is 12.4 Å². The third kappa shape index (κ3) is 4.56. The smallest absolute Gasteiger partial charge is 0.274 e. The molecule has 1 fully saturated rings. The number of rotatable bonds is 4. The van der Waals surface area contributed by atoms with Gasteiger partial charge < -0.3 is 10.2 Å². The summed E-state index contributed by atoms with van der Waals surface area (Å²) in [5.74, 6) is 1.83. The van der Waals surface area contributed by atoms with Crippen molar-refractivity contribution < 1.29 is 4.79 Å². The van der Waals surface area contributed by atoms with E-state index >= 15 is 0 Å². The van der Waals surface area contributed by atoms with Crippen molar-refractivity contribution >= 4 is 17.7 Å². The molecule has 0 saturated carbocycles. The number of piperidine rings is 1. The van der Waals surface area contributed by atoms with Crippen molar-refractivity contribution in [3.8, 4) is 0 Å². The quantitative estimate of drug-likeness (QED) is 0.707. The number of carbonyl (C=O) groups excluding carboxylic acids is 1. The molecule has 9 heteroatoms. The van der Waals surface area contributed by atoms with Crippen molar-refractivity contribution in [3.05, 3.63) is 59.3 Å². The maximum absolute atomic E-state index is 12.8. The van der Waals surface area contributed by atoms with E-state index in [0.29, 0.717) is 30.5 Å². The third-order valence-electron chi connectivity index (χ3n) is 4.95. The Balaban J connectivity index is 1.54. The van der Waals surface area contributed by atoms with Gasteiger partial charge in [-0.05, 0) is 39.7 Å². The molecule has 9 nitrogen and oxygen atoms in total. The maximum Gasteiger partial charge on any atom is 0.274 e. The minimum atomic E-state index is -0.109. The summed E-state index contributed by atoms with van der Waals surface area (Å²) >= 11 is 0. The van der Waals surface area contributed by atoms with Crippen LogP contribution in [0.15, 0.2) is 30.7 Å². The Morgan fingerprint density at radius 3 is 2.53 bits per heavy atom. The molecule has 4 rings (SSSR count). The first-order valence-corrected chi connectivity index (χ1v) is 9.98. The molecule has 1 atom stereocenters. The zero-order valence-electron chi connectivity index (χ0n) is 17.3. The van der Waals surface area contributed by atoms with E-state index in [-0.39, 0.29) is 11.8 Å². The zero-order valence-corrected chi connectivity index (χ0v) is 17.3. The molecule has 0 aromatic carbocycles. The molecule has 0 bridgehead atoms. The molecule has 0 radical (unpaired) electrons. The molecule has 154 valence electrons. The molecular formula is C21H24N8O. The fourth-order valence-electron chi connectivity index (χ4n) is 3.68. The molecule has 1 aliphatic heterocycles. The standard InChI is InChI=1S/C21H24N8O/c1-13-9-14(2)26-21(25-13)28-18-10-15(3)24-19(27-18)16-5-4-8-29(12-16)20(30)17-11-22-6-7-23-17/h6-7,9-11,16H,4-5,8,12H2,1-3H3,(H,24,25,26,27,28)/t16-/m1/s1. The fourth-order valence-corrected chi connectivity index (χ4v) is 3.68. The van der Waals surface area contributed by atoms with Crippen molar-refractivity contribution in [1.82, 2.24) is 34.8 Å². The third-order valence-corrected chi connectivity index (χ3v) is 4.95. The first-order chi connectivity index (χ1) is 14.5. The predicted molar refractivity (Wildman–Crippen MR) is 111 cm³/mol. The van der Waals surface area contributed by atoms with Crippen LogP contribution < -0.4 is 5.32 Å². The Morgan fingerprint density at radius 1 is 1.03 bits per heavy atom. The van der Waals surface area contributed by atoms with Crippen LogP contribution in [0.25, 0.3) is 0 Å². The van der Waals surface area contributed by atoms with Gasteiger partial charge in [0, 0.05) is 54.5 Å². The molecule has 3 aromatic rings. The number of hydrogen-bond donors (Lipinski definition) is 1. The summed E-state index contributed by atoms with van der Waals surface area (Å²) in [7, 11) is 0. The number of aryl methyl sites for hydroxylation is 3. The first-order valence-electron chi connectivity index (χ1n) is 9.98. The Morgan fingerprint density at radius 2 is 1.80 bits per heavy atom. The number of nitrogens with zero attached hydrogens (tertiary/aromatic N) is 7. The van der Waals surface area contributed by atoms with Crippen LogP contribution in [0.4, 0.5) is 11.8 Å². The Labute approximate surface area is 175 Å². The lowest BCUT2D eigenvalue weighted by Crippen LogP contribution is -2.40. The average molecular weight is 404 g/mol. The van der Waals surface area contributed by atoms with Gasteiger partial charge in [-0.15, -0.1) is 0 Å². The second kappa shape index (κ2) is 8.48. The van der Waals surface area contributed by atoms with Gasteiger partial charge in [0.2, 0.25) is 5.95 Å². The Hall–Kier alpha value is -3.49. The van der Waals surface area contributed by atoms with Gasteiger partial charge in [-0.2, -0.15) is 0 Å².